The molecule has 2 aliphatic carbocycles. The molecule has 3 aliphatic rings. The third kappa shape index (κ3) is 11.3. The molecule has 1 heterocycles. The molecule has 0 atom stereocenters. The lowest BCUT2D eigenvalue weighted by Gasteiger charge is -2.34. The fraction of sp³-hybridized carbons (Fsp3) is 0.488. The summed E-state index contributed by atoms with van der Waals surface area (Å²) in [5.74, 6) is 0. The number of likely N-dealkylation sites (N-methyl/N-ethyl adjacent to an activating group) is 1. The zero-order valence-corrected chi connectivity index (χ0v) is 29.9. The molecule has 2 saturated carbocycles. The van der Waals surface area contributed by atoms with Crippen molar-refractivity contribution >= 4 is 28.9 Å². The van der Waals surface area contributed by atoms with Gasteiger partial charge in [-0.15, -0.1) is 0 Å². The number of anilines is 2. The van der Waals surface area contributed by atoms with E-state index in [1.807, 2.05) is 51.9 Å². The number of nitrogens with zero attached hydrogens (tertiary/aromatic N) is 2. The van der Waals surface area contributed by atoms with Crippen molar-refractivity contribution in [1.29, 1.82) is 0 Å². The molecule has 47 heavy (non-hydrogen) atoms. The fourth-order valence-corrected chi connectivity index (χ4v) is 6.06. The van der Waals surface area contributed by atoms with Gasteiger partial charge < -0.3 is 20.3 Å². The van der Waals surface area contributed by atoms with Crippen LogP contribution in [0, 0.1) is 12.3 Å². The van der Waals surface area contributed by atoms with Crippen molar-refractivity contribution in [1.82, 2.24) is 9.80 Å². The Hall–Kier alpha value is -3.48. The van der Waals surface area contributed by atoms with Crippen LogP contribution in [0.5, 0.6) is 0 Å². The first-order chi connectivity index (χ1) is 22.8. The Morgan fingerprint density at radius 2 is 1.51 bits per heavy atom. The highest BCUT2D eigenvalue weighted by Gasteiger charge is 2.29. The average Bonchev–Trinajstić information content (AvgIpc) is 3.05. The average molecular weight is 643 g/mol. The van der Waals surface area contributed by atoms with Gasteiger partial charge in [0, 0.05) is 62.3 Å². The number of nitrogens with one attached hydrogen (secondary N) is 2. The minimum absolute atomic E-state index is 0.340. The highest BCUT2D eigenvalue weighted by Crippen LogP contribution is 2.38. The number of aryl methyl sites for hydroxylation is 1. The molecule has 3 aromatic carbocycles. The molecule has 0 spiro atoms. The molecule has 0 radical (unpaired) electrons. The largest absolute Gasteiger partial charge is 0.388 e. The number of carbonyl (C=O) groups is 1. The van der Waals surface area contributed by atoms with Crippen LogP contribution in [0.2, 0.25) is 0 Å². The number of hydrogen-bond donors (Lipinski definition) is 2. The minimum Gasteiger partial charge on any atom is -0.388 e. The lowest BCUT2D eigenvalue weighted by atomic mass is 9.80. The summed E-state index contributed by atoms with van der Waals surface area (Å²) in [6.45, 7) is 19.2. The summed E-state index contributed by atoms with van der Waals surface area (Å²) in [7, 11) is 1.90. The van der Waals surface area contributed by atoms with Crippen molar-refractivity contribution in [2.24, 2.45) is 5.41 Å². The van der Waals surface area contributed by atoms with E-state index in [0.29, 0.717) is 0 Å². The summed E-state index contributed by atoms with van der Waals surface area (Å²) in [5.41, 5.74) is 8.56. The van der Waals surface area contributed by atoms with Crippen molar-refractivity contribution < 1.29 is 9.18 Å². The molecule has 0 amide bonds. The zero-order chi connectivity index (χ0) is 34.2. The SMILES string of the molecule is C=O.CC=C1CCC1.CCN1CCN(Cc2ccc3c(C)cccc3c2)CC1.CNc1ccc(NC(=C2CCC2)C(C)(C)CF)cc1. The second kappa shape index (κ2) is 19.4. The van der Waals surface area contributed by atoms with E-state index >= 15 is 0 Å². The maximum absolute atomic E-state index is 13.3. The fourth-order valence-electron chi connectivity index (χ4n) is 6.06. The first kappa shape index (κ1) is 38.0. The van der Waals surface area contributed by atoms with Crippen molar-refractivity contribution in [3.63, 3.8) is 0 Å². The van der Waals surface area contributed by atoms with Gasteiger partial charge in [0.15, 0.2) is 0 Å². The smallest absolute Gasteiger partial charge is 0.106 e. The molecule has 0 unspecified atom stereocenters. The van der Waals surface area contributed by atoms with Crippen LogP contribution in [0.4, 0.5) is 15.8 Å². The molecule has 6 heteroatoms. The van der Waals surface area contributed by atoms with Crippen LogP contribution in [0.3, 0.4) is 0 Å². The van der Waals surface area contributed by atoms with Crippen molar-refractivity contribution in [3.8, 4) is 0 Å². The van der Waals surface area contributed by atoms with Gasteiger partial charge in [0.05, 0.1) is 6.67 Å². The van der Waals surface area contributed by atoms with Crippen LogP contribution in [-0.4, -0.2) is 63.0 Å². The lowest BCUT2D eigenvalue weighted by Crippen LogP contribution is -2.45. The maximum Gasteiger partial charge on any atom is 0.106 e. The van der Waals surface area contributed by atoms with E-state index in [1.165, 1.54) is 85.9 Å². The molecule has 6 rings (SSSR count). The van der Waals surface area contributed by atoms with Crippen LogP contribution >= 0.6 is 0 Å². The summed E-state index contributed by atoms with van der Waals surface area (Å²) in [6.07, 6.45) is 9.82. The number of piperazine rings is 1. The van der Waals surface area contributed by atoms with E-state index in [4.69, 9.17) is 4.79 Å². The van der Waals surface area contributed by atoms with Gasteiger partial charge in [-0.1, -0.05) is 68.3 Å². The number of rotatable bonds is 8. The Morgan fingerprint density at radius 1 is 0.894 bits per heavy atom. The number of benzene rings is 3. The molecule has 1 aliphatic heterocycles. The Kier molecular flexibility index (Phi) is 15.6. The van der Waals surface area contributed by atoms with Crippen molar-refractivity contribution in [3.05, 3.63) is 94.7 Å². The molecular formula is C41H59FN4O. The predicted octanol–water partition coefficient (Wildman–Crippen LogP) is 9.79. The van der Waals surface area contributed by atoms with Crippen LogP contribution in [0.1, 0.15) is 77.3 Å². The molecule has 1 saturated heterocycles. The maximum atomic E-state index is 13.3. The van der Waals surface area contributed by atoms with Gasteiger partial charge in [0.25, 0.3) is 0 Å². The minimum atomic E-state index is -0.433. The third-order valence-electron chi connectivity index (χ3n) is 9.65. The van der Waals surface area contributed by atoms with Gasteiger partial charge in [-0.2, -0.15) is 0 Å². The predicted molar refractivity (Wildman–Crippen MR) is 201 cm³/mol. The molecule has 3 aromatic rings. The number of halogens is 1. The van der Waals surface area contributed by atoms with Crippen LogP contribution in [0.25, 0.3) is 10.8 Å². The lowest BCUT2D eigenvalue weighted by molar-refractivity contribution is -0.0980. The van der Waals surface area contributed by atoms with Gasteiger partial charge in [0.1, 0.15) is 6.79 Å². The first-order valence-electron chi connectivity index (χ1n) is 17.5. The summed E-state index contributed by atoms with van der Waals surface area (Å²) >= 11 is 0. The Balaban J connectivity index is 0.000000208. The van der Waals surface area contributed by atoms with E-state index < -0.39 is 5.41 Å². The highest BCUT2D eigenvalue weighted by molar-refractivity contribution is 5.86. The number of carbonyl (C=O) groups excluding carboxylic acids is 1. The van der Waals surface area contributed by atoms with E-state index in [2.05, 4.69) is 83.7 Å². The van der Waals surface area contributed by atoms with E-state index in [9.17, 15) is 4.39 Å². The second-order valence-electron chi connectivity index (χ2n) is 13.4. The van der Waals surface area contributed by atoms with E-state index in [0.717, 1.165) is 36.5 Å². The van der Waals surface area contributed by atoms with E-state index in [-0.39, 0.29) is 6.67 Å². The quantitative estimate of drug-likeness (QED) is 0.240. The number of hydrogen-bond acceptors (Lipinski definition) is 5. The number of allylic oxidation sites excluding steroid dienone is 4. The summed E-state index contributed by atoms with van der Waals surface area (Å²) < 4.78 is 13.3. The molecule has 2 N–H and O–H groups in total. The topological polar surface area (TPSA) is 47.6 Å². The van der Waals surface area contributed by atoms with Gasteiger partial charge >= 0.3 is 0 Å². The number of alkyl halides is 1. The van der Waals surface area contributed by atoms with Gasteiger partial charge in [-0.05, 0) is 111 Å². The molecule has 5 nitrogen and oxygen atoms in total. The van der Waals surface area contributed by atoms with Crippen molar-refractivity contribution in [2.45, 2.75) is 79.7 Å². The summed E-state index contributed by atoms with van der Waals surface area (Å²) in [6, 6.07) is 21.6. The first-order valence-corrected chi connectivity index (χ1v) is 17.5. The molecule has 0 aromatic heterocycles. The van der Waals surface area contributed by atoms with Crippen LogP contribution in [0.15, 0.2) is 83.6 Å². The zero-order valence-electron chi connectivity index (χ0n) is 29.9. The highest BCUT2D eigenvalue weighted by atomic mass is 19.1. The Labute approximate surface area is 284 Å². The Bertz CT molecular complexity index is 1430. The normalized spacial score (nSPS) is 16.1. The van der Waals surface area contributed by atoms with Gasteiger partial charge in [-0.3, -0.25) is 9.29 Å². The standard InChI is InChI=1S/C18H24N2.C16H23FN2.C6H10.CH2O/c1-3-19-9-11-20(12-10-19)14-16-7-8-18-15(2)5-4-6-17(18)13-16;1-16(2,11-17)15(12-5-4-6-12)19-14-9-7-13(18-3)8-10-14;1-2-6-4-3-5-6;1-2/h4-8,13H,3,9-12,14H2,1-2H3;7-10,18-19H,4-6,11H2,1-3H3;2H,3-5H2,1H3;1H2. The summed E-state index contributed by atoms with van der Waals surface area (Å²) in [5, 5.41) is 9.28. The second-order valence-corrected chi connectivity index (χ2v) is 13.4. The van der Waals surface area contributed by atoms with Crippen molar-refractivity contribution in [2.75, 3.05) is 57.1 Å². The Morgan fingerprint density at radius 3 is 2.00 bits per heavy atom. The summed E-state index contributed by atoms with van der Waals surface area (Å²) in [4.78, 5) is 13.1. The molecular weight excluding hydrogens is 583 g/mol. The molecule has 3 fully saturated rings. The number of fused-ring (bicyclic) bond motifs is 1. The third-order valence-corrected chi connectivity index (χ3v) is 9.65. The van der Waals surface area contributed by atoms with Crippen LogP contribution < -0.4 is 10.6 Å². The van der Waals surface area contributed by atoms with E-state index in [1.54, 1.807) is 5.57 Å². The monoisotopic (exact) mass is 642 g/mol. The van der Waals surface area contributed by atoms with Gasteiger partial charge in [0.2, 0.25) is 0 Å². The van der Waals surface area contributed by atoms with Crippen LogP contribution in [-0.2, 0) is 11.3 Å². The molecule has 0 bridgehead atoms. The van der Waals surface area contributed by atoms with Gasteiger partial charge in [-0.25, -0.2) is 0 Å². The molecule has 256 valence electrons.